The number of carboxylic acid groups (broad SMARTS) is 1. The lowest BCUT2D eigenvalue weighted by atomic mass is 10.3. The first-order valence-corrected chi connectivity index (χ1v) is 7.12. The zero-order valence-electron chi connectivity index (χ0n) is 9.65. The van der Waals surface area contributed by atoms with Crippen molar-refractivity contribution in [1.82, 2.24) is 9.97 Å². The van der Waals surface area contributed by atoms with E-state index in [-0.39, 0.29) is 6.42 Å². The number of hydrogen-bond acceptors (Lipinski definition) is 3. The predicted octanol–water partition coefficient (Wildman–Crippen LogP) is 2.97. The van der Waals surface area contributed by atoms with Gasteiger partial charge in [-0.1, -0.05) is 11.6 Å². The van der Waals surface area contributed by atoms with Crippen molar-refractivity contribution in [3.05, 3.63) is 29.0 Å². The van der Waals surface area contributed by atoms with Crippen molar-refractivity contribution in [2.24, 2.45) is 0 Å². The molecule has 0 saturated heterocycles. The Balaban J connectivity index is 1.86. The normalized spacial score (nSPS) is 10.9. The Hall–Kier alpha value is -1.20. The summed E-state index contributed by atoms with van der Waals surface area (Å²) in [5.74, 6) is 1.67. The molecule has 0 unspecified atom stereocenters. The van der Waals surface area contributed by atoms with Crippen LogP contribution in [0.5, 0.6) is 0 Å². The summed E-state index contributed by atoms with van der Waals surface area (Å²) in [5.41, 5.74) is 1.85. The number of rotatable bonds is 6. The van der Waals surface area contributed by atoms with Gasteiger partial charge in [0, 0.05) is 22.9 Å². The van der Waals surface area contributed by atoms with Gasteiger partial charge in [-0.25, -0.2) is 4.98 Å². The van der Waals surface area contributed by atoms with Crippen molar-refractivity contribution in [2.75, 3.05) is 11.5 Å². The molecule has 2 aromatic rings. The summed E-state index contributed by atoms with van der Waals surface area (Å²) < 4.78 is 0. The summed E-state index contributed by atoms with van der Waals surface area (Å²) >= 11 is 7.52. The van der Waals surface area contributed by atoms with Crippen LogP contribution in [0.4, 0.5) is 0 Å². The summed E-state index contributed by atoms with van der Waals surface area (Å²) in [6, 6.07) is 5.55. The molecule has 0 aliphatic rings. The smallest absolute Gasteiger partial charge is 0.304 e. The van der Waals surface area contributed by atoms with E-state index in [0.29, 0.717) is 10.8 Å². The highest BCUT2D eigenvalue weighted by Gasteiger charge is 2.03. The van der Waals surface area contributed by atoms with Crippen molar-refractivity contribution < 1.29 is 9.90 Å². The molecule has 0 atom stereocenters. The maximum Gasteiger partial charge on any atom is 0.304 e. The number of aromatic nitrogens is 2. The predicted molar refractivity (Wildman–Crippen MR) is 74.4 cm³/mol. The molecule has 2 N–H and O–H groups in total. The number of carboxylic acids is 1. The molecular formula is C12H13ClN2O2S. The Morgan fingerprint density at radius 2 is 2.28 bits per heavy atom. The number of halogens is 1. The van der Waals surface area contributed by atoms with Crippen LogP contribution in [-0.4, -0.2) is 32.5 Å². The van der Waals surface area contributed by atoms with Crippen LogP contribution < -0.4 is 0 Å². The van der Waals surface area contributed by atoms with Gasteiger partial charge in [-0.2, -0.15) is 11.8 Å². The Kier molecular flexibility index (Phi) is 4.49. The Labute approximate surface area is 114 Å². The van der Waals surface area contributed by atoms with E-state index < -0.39 is 5.97 Å². The van der Waals surface area contributed by atoms with Gasteiger partial charge in [-0.3, -0.25) is 4.79 Å². The van der Waals surface area contributed by atoms with Gasteiger partial charge < -0.3 is 10.1 Å². The Morgan fingerprint density at radius 1 is 1.44 bits per heavy atom. The molecule has 0 fully saturated rings. The number of thioether (sulfide) groups is 1. The lowest BCUT2D eigenvalue weighted by Gasteiger charge is -1.97. The summed E-state index contributed by atoms with van der Waals surface area (Å²) in [6.07, 6.45) is 1.01. The molecule has 1 heterocycles. The average Bonchev–Trinajstić information content (AvgIpc) is 2.70. The highest BCUT2D eigenvalue weighted by atomic mass is 35.5. The van der Waals surface area contributed by atoms with E-state index in [1.54, 1.807) is 11.8 Å². The molecule has 1 aromatic carbocycles. The summed E-state index contributed by atoms with van der Waals surface area (Å²) in [7, 11) is 0. The van der Waals surface area contributed by atoms with Gasteiger partial charge in [0.2, 0.25) is 0 Å². The number of nitrogens with one attached hydrogen (secondary N) is 1. The van der Waals surface area contributed by atoms with Gasteiger partial charge in [0.25, 0.3) is 0 Å². The monoisotopic (exact) mass is 284 g/mol. The van der Waals surface area contributed by atoms with E-state index in [1.807, 2.05) is 18.2 Å². The highest BCUT2D eigenvalue weighted by Crippen LogP contribution is 2.17. The van der Waals surface area contributed by atoms with E-state index in [2.05, 4.69) is 9.97 Å². The molecule has 0 radical (unpaired) electrons. The van der Waals surface area contributed by atoms with Gasteiger partial charge in [0.05, 0.1) is 17.5 Å². The number of benzene rings is 1. The number of hydrogen-bond donors (Lipinski definition) is 2. The van der Waals surface area contributed by atoms with Gasteiger partial charge in [0.1, 0.15) is 5.82 Å². The van der Waals surface area contributed by atoms with Crippen molar-refractivity contribution in [1.29, 1.82) is 0 Å². The molecule has 2 rings (SSSR count). The molecular weight excluding hydrogens is 272 g/mol. The van der Waals surface area contributed by atoms with Crippen molar-refractivity contribution in [3.63, 3.8) is 0 Å². The van der Waals surface area contributed by atoms with Crippen molar-refractivity contribution in [3.8, 4) is 0 Å². The number of nitrogens with zero attached hydrogens (tertiary/aromatic N) is 1. The molecule has 18 heavy (non-hydrogen) atoms. The van der Waals surface area contributed by atoms with E-state index in [9.17, 15) is 4.79 Å². The number of H-pyrrole nitrogens is 1. The first kappa shape index (κ1) is 13.2. The highest BCUT2D eigenvalue weighted by molar-refractivity contribution is 7.99. The lowest BCUT2D eigenvalue weighted by molar-refractivity contribution is -0.136. The van der Waals surface area contributed by atoms with Crippen LogP contribution in [0, 0.1) is 0 Å². The van der Waals surface area contributed by atoms with E-state index in [1.165, 1.54) is 0 Å². The molecule has 0 aliphatic carbocycles. The van der Waals surface area contributed by atoms with Crippen LogP contribution in [-0.2, 0) is 11.2 Å². The number of fused-ring (bicyclic) bond motifs is 1. The molecule has 1 aromatic heterocycles. The third kappa shape index (κ3) is 3.65. The van der Waals surface area contributed by atoms with Crippen LogP contribution in [0.3, 0.4) is 0 Å². The topological polar surface area (TPSA) is 66.0 Å². The Bertz CT molecular complexity index is 556. The Morgan fingerprint density at radius 3 is 3.06 bits per heavy atom. The molecule has 96 valence electrons. The fraction of sp³-hybridized carbons (Fsp3) is 0.333. The fourth-order valence-electron chi connectivity index (χ4n) is 1.58. The third-order valence-corrected chi connectivity index (χ3v) is 3.66. The molecule has 0 amide bonds. The van der Waals surface area contributed by atoms with E-state index in [4.69, 9.17) is 16.7 Å². The summed E-state index contributed by atoms with van der Waals surface area (Å²) in [6.45, 7) is 0. The number of aliphatic carboxylic acids is 1. The molecule has 4 nitrogen and oxygen atoms in total. The minimum absolute atomic E-state index is 0.209. The van der Waals surface area contributed by atoms with Crippen LogP contribution in [0.2, 0.25) is 5.02 Å². The van der Waals surface area contributed by atoms with Crippen LogP contribution in [0.25, 0.3) is 11.0 Å². The van der Waals surface area contributed by atoms with Gasteiger partial charge >= 0.3 is 5.97 Å². The van der Waals surface area contributed by atoms with Crippen LogP contribution >= 0.6 is 23.4 Å². The maximum absolute atomic E-state index is 10.3. The maximum atomic E-state index is 10.3. The first-order valence-electron chi connectivity index (χ1n) is 5.59. The molecule has 0 bridgehead atoms. The van der Waals surface area contributed by atoms with Crippen LogP contribution in [0.15, 0.2) is 18.2 Å². The standard InChI is InChI=1S/C12H13ClN2O2S/c13-8-1-2-9-10(7-8)15-11(14-9)3-5-18-6-4-12(16)17/h1-2,7H,3-6H2,(H,14,15)(H,16,17). The third-order valence-electron chi connectivity index (χ3n) is 2.44. The zero-order chi connectivity index (χ0) is 13.0. The van der Waals surface area contributed by atoms with E-state index >= 15 is 0 Å². The molecule has 0 saturated carbocycles. The van der Waals surface area contributed by atoms with E-state index in [0.717, 1.165) is 29.0 Å². The van der Waals surface area contributed by atoms with Gasteiger partial charge in [-0.05, 0) is 18.2 Å². The number of imidazole rings is 1. The molecule has 6 heteroatoms. The fourth-order valence-corrected chi connectivity index (χ4v) is 2.62. The average molecular weight is 285 g/mol. The van der Waals surface area contributed by atoms with Crippen molar-refractivity contribution >= 4 is 40.4 Å². The summed E-state index contributed by atoms with van der Waals surface area (Å²) in [4.78, 5) is 18.0. The molecule has 0 aliphatic heterocycles. The van der Waals surface area contributed by atoms with Gasteiger partial charge in [-0.15, -0.1) is 0 Å². The summed E-state index contributed by atoms with van der Waals surface area (Å²) in [5, 5.41) is 9.20. The first-order chi connectivity index (χ1) is 8.65. The second-order valence-corrected chi connectivity index (χ2v) is 5.51. The second kappa shape index (κ2) is 6.11. The van der Waals surface area contributed by atoms with Crippen LogP contribution in [0.1, 0.15) is 12.2 Å². The lowest BCUT2D eigenvalue weighted by Crippen LogP contribution is -1.98. The largest absolute Gasteiger partial charge is 0.481 e. The molecule has 0 spiro atoms. The SMILES string of the molecule is O=C(O)CCSCCc1nc2ccc(Cl)cc2[nH]1. The van der Waals surface area contributed by atoms with Crippen molar-refractivity contribution in [2.45, 2.75) is 12.8 Å². The quantitative estimate of drug-likeness (QED) is 0.801. The van der Waals surface area contributed by atoms with Gasteiger partial charge in [0.15, 0.2) is 0 Å². The second-order valence-electron chi connectivity index (χ2n) is 3.85. The minimum Gasteiger partial charge on any atom is -0.481 e. The number of aromatic amines is 1. The minimum atomic E-state index is -0.749. The number of aryl methyl sites for hydroxylation is 1. The zero-order valence-corrected chi connectivity index (χ0v) is 11.2. The number of carbonyl (C=O) groups is 1.